The molecule has 2 atom stereocenters. The fraction of sp³-hybridized carbons (Fsp3) is 0.556. The second-order valence-corrected chi connectivity index (χ2v) is 11.1. The van der Waals surface area contributed by atoms with Crippen molar-refractivity contribution in [1.29, 1.82) is 0 Å². The van der Waals surface area contributed by atoms with Crippen LogP contribution in [0.4, 0.5) is 4.39 Å². The van der Waals surface area contributed by atoms with Gasteiger partial charge >= 0.3 is 0 Å². The molecule has 4 bridgehead atoms. The Morgan fingerprint density at radius 3 is 2.32 bits per heavy atom. The zero-order chi connectivity index (χ0) is 21.7. The van der Waals surface area contributed by atoms with Crippen molar-refractivity contribution in [3.8, 4) is 11.5 Å². The summed E-state index contributed by atoms with van der Waals surface area (Å²) in [7, 11) is 1.66. The molecule has 6 rings (SSSR count). The van der Waals surface area contributed by atoms with Gasteiger partial charge in [-0.05, 0) is 67.4 Å². The van der Waals surface area contributed by atoms with Crippen LogP contribution in [-0.2, 0) is 13.2 Å². The maximum Gasteiger partial charge on any atom is 0.166 e. The predicted molar refractivity (Wildman–Crippen MR) is 121 cm³/mol. The molecule has 4 heteroatoms. The SMILES string of the molecule is COc1cccc(CNC23CC4CC(C)(CC(C)(C4)C2)C3)c1OCc1ccccc1F. The molecule has 1 N–H and O–H groups in total. The van der Waals surface area contributed by atoms with E-state index in [1.807, 2.05) is 18.2 Å². The Morgan fingerprint density at radius 1 is 0.935 bits per heavy atom. The summed E-state index contributed by atoms with van der Waals surface area (Å²) in [5.74, 6) is 2.01. The number of hydrogen-bond donors (Lipinski definition) is 1. The molecule has 0 radical (unpaired) electrons. The van der Waals surface area contributed by atoms with Crippen molar-refractivity contribution in [3.05, 3.63) is 59.4 Å². The quantitative estimate of drug-likeness (QED) is 0.571. The summed E-state index contributed by atoms with van der Waals surface area (Å²) in [6.45, 7) is 5.92. The number of benzene rings is 2. The number of hydrogen-bond acceptors (Lipinski definition) is 3. The Kier molecular flexibility index (Phi) is 5.04. The average Bonchev–Trinajstić information content (AvgIpc) is 2.69. The summed E-state index contributed by atoms with van der Waals surface area (Å²) in [5, 5.41) is 3.99. The van der Waals surface area contributed by atoms with Crippen LogP contribution in [0, 0.1) is 22.6 Å². The van der Waals surface area contributed by atoms with Crippen molar-refractivity contribution in [2.45, 2.75) is 71.1 Å². The number of halogens is 1. The lowest BCUT2D eigenvalue weighted by atomic mass is 9.43. The third-order valence-electron chi connectivity index (χ3n) is 7.89. The summed E-state index contributed by atoms with van der Waals surface area (Å²) in [6, 6.07) is 12.8. The van der Waals surface area contributed by atoms with E-state index in [9.17, 15) is 4.39 Å². The van der Waals surface area contributed by atoms with E-state index in [1.165, 1.54) is 44.6 Å². The van der Waals surface area contributed by atoms with Gasteiger partial charge in [0.2, 0.25) is 0 Å². The highest BCUT2D eigenvalue weighted by Crippen LogP contribution is 2.66. The summed E-state index contributed by atoms with van der Waals surface area (Å²) >= 11 is 0. The molecule has 2 unspecified atom stereocenters. The number of methoxy groups -OCH3 is 1. The van der Waals surface area contributed by atoms with Crippen LogP contribution in [0.25, 0.3) is 0 Å². The molecule has 4 saturated carbocycles. The van der Waals surface area contributed by atoms with Gasteiger partial charge in [-0.3, -0.25) is 0 Å². The largest absolute Gasteiger partial charge is 0.493 e. The first-order valence-corrected chi connectivity index (χ1v) is 11.6. The van der Waals surface area contributed by atoms with E-state index in [0.717, 1.165) is 18.0 Å². The van der Waals surface area contributed by atoms with Gasteiger partial charge in [-0.15, -0.1) is 0 Å². The first-order valence-electron chi connectivity index (χ1n) is 11.6. The Hall–Kier alpha value is -2.07. The van der Waals surface area contributed by atoms with Crippen molar-refractivity contribution in [3.63, 3.8) is 0 Å². The zero-order valence-electron chi connectivity index (χ0n) is 19.0. The summed E-state index contributed by atoms with van der Waals surface area (Å²) in [4.78, 5) is 0. The van der Waals surface area contributed by atoms with Gasteiger partial charge in [0.05, 0.1) is 7.11 Å². The highest BCUT2D eigenvalue weighted by Gasteiger charge is 2.59. The van der Waals surface area contributed by atoms with E-state index in [1.54, 1.807) is 19.2 Å². The van der Waals surface area contributed by atoms with Crippen molar-refractivity contribution in [2.75, 3.05) is 7.11 Å². The average molecular weight is 424 g/mol. The van der Waals surface area contributed by atoms with Gasteiger partial charge in [0.25, 0.3) is 0 Å². The monoisotopic (exact) mass is 423 g/mol. The second-order valence-electron chi connectivity index (χ2n) is 11.1. The zero-order valence-corrected chi connectivity index (χ0v) is 19.0. The standard InChI is InChI=1S/C27H34FNO2/c1-25-11-19-12-26(2,16-25)18-27(13-19,17-25)29-14-20-8-6-10-23(30-3)24(20)31-15-21-7-4-5-9-22(21)28/h4-10,19,29H,11-18H2,1-3H3. The van der Waals surface area contributed by atoms with Gasteiger partial charge in [0.1, 0.15) is 12.4 Å². The van der Waals surface area contributed by atoms with Gasteiger partial charge in [0, 0.05) is 23.2 Å². The Balaban J connectivity index is 1.36. The minimum atomic E-state index is -0.243. The Morgan fingerprint density at radius 2 is 1.65 bits per heavy atom. The van der Waals surface area contributed by atoms with Crippen LogP contribution in [0.5, 0.6) is 11.5 Å². The third kappa shape index (κ3) is 3.95. The molecule has 0 saturated heterocycles. The van der Waals surface area contributed by atoms with Gasteiger partial charge in [0.15, 0.2) is 11.5 Å². The van der Waals surface area contributed by atoms with Crippen molar-refractivity contribution < 1.29 is 13.9 Å². The van der Waals surface area contributed by atoms with Gasteiger partial charge < -0.3 is 14.8 Å². The molecule has 4 fully saturated rings. The van der Waals surface area contributed by atoms with E-state index >= 15 is 0 Å². The van der Waals surface area contributed by atoms with Gasteiger partial charge in [-0.1, -0.05) is 44.2 Å². The lowest BCUT2D eigenvalue weighted by Gasteiger charge is -2.65. The maximum absolute atomic E-state index is 14.1. The molecule has 3 nitrogen and oxygen atoms in total. The van der Waals surface area contributed by atoms with Crippen molar-refractivity contribution in [2.24, 2.45) is 16.7 Å². The minimum Gasteiger partial charge on any atom is -0.493 e. The third-order valence-corrected chi connectivity index (χ3v) is 7.89. The van der Waals surface area contributed by atoms with Crippen LogP contribution in [0.1, 0.15) is 63.5 Å². The van der Waals surface area contributed by atoms with E-state index in [2.05, 4.69) is 25.2 Å². The molecule has 4 aliphatic carbocycles. The molecule has 31 heavy (non-hydrogen) atoms. The molecule has 0 spiro atoms. The predicted octanol–water partition coefficient (Wildman–Crippen LogP) is 6.25. The topological polar surface area (TPSA) is 30.5 Å². The Bertz CT molecular complexity index is 955. The van der Waals surface area contributed by atoms with Crippen molar-refractivity contribution in [1.82, 2.24) is 5.32 Å². The molecule has 0 aromatic heterocycles. The molecule has 166 valence electrons. The molecule has 0 aliphatic heterocycles. The molecule has 4 aliphatic rings. The number of ether oxygens (including phenoxy) is 2. The fourth-order valence-electron chi connectivity index (χ4n) is 7.72. The highest BCUT2D eigenvalue weighted by atomic mass is 19.1. The van der Waals surface area contributed by atoms with Crippen molar-refractivity contribution >= 4 is 0 Å². The van der Waals surface area contributed by atoms with Crippen LogP contribution in [0.3, 0.4) is 0 Å². The Labute approximate surface area is 185 Å². The molecule has 0 heterocycles. The van der Waals surface area contributed by atoms with E-state index in [0.29, 0.717) is 27.9 Å². The van der Waals surface area contributed by atoms with Crippen LogP contribution in [0.15, 0.2) is 42.5 Å². The molecule has 2 aromatic rings. The molecular formula is C27H34FNO2. The fourth-order valence-corrected chi connectivity index (χ4v) is 7.72. The summed E-state index contributed by atoms with van der Waals surface area (Å²) < 4.78 is 25.8. The number of rotatable bonds is 7. The van der Waals surface area contributed by atoms with E-state index in [-0.39, 0.29) is 18.0 Å². The lowest BCUT2D eigenvalue weighted by molar-refractivity contribution is -0.118. The lowest BCUT2D eigenvalue weighted by Crippen LogP contribution is -2.63. The minimum absolute atomic E-state index is 0.184. The molecule has 0 amide bonds. The first-order chi connectivity index (χ1) is 14.8. The molecule has 2 aromatic carbocycles. The van der Waals surface area contributed by atoms with Crippen LogP contribution < -0.4 is 14.8 Å². The first kappa shape index (κ1) is 20.8. The van der Waals surface area contributed by atoms with Gasteiger partial charge in [-0.25, -0.2) is 4.39 Å². The van der Waals surface area contributed by atoms with Gasteiger partial charge in [-0.2, -0.15) is 0 Å². The summed E-state index contributed by atoms with van der Waals surface area (Å²) in [6.07, 6.45) is 7.97. The highest BCUT2D eigenvalue weighted by molar-refractivity contribution is 5.47. The smallest absolute Gasteiger partial charge is 0.166 e. The number of nitrogens with one attached hydrogen (secondary N) is 1. The van der Waals surface area contributed by atoms with E-state index in [4.69, 9.17) is 9.47 Å². The number of para-hydroxylation sites is 1. The normalized spacial score (nSPS) is 33.5. The molecular weight excluding hydrogens is 389 g/mol. The van der Waals surface area contributed by atoms with Crippen LogP contribution >= 0.6 is 0 Å². The van der Waals surface area contributed by atoms with Crippen LogP contribution in [0.2, 0.25) is 0 Å². The second kappa shape index (κ2) is 7.51. The van der Waals surface area contributed by atoms with Crippen LogP contribution in [-0.4, -0.2) is 12.6 Å². The maximum atomic E-state index is 14.1. The van der Waals surface area contributed by atoms with E-state index < -0.39 is 0 Å². The summed E-state index contributed by atoms with van der Waals surface area (Å²) in [5.41, 5.74) is 2.78.